The third-order valence-corrected chi connectivity index (χ3v) is 6.07. The maximum Gasteiger partial charge on any atom is 0.213 e. The normalized spacial score (nSPS) is 22.9. The van der Waals surface area contributed by atoms with E-state index in [0.29, 0.717) is 41.7 Å². The van der Waals surface area contributed by atoms with Crippen molar-refractivity contribution in [2.75, 3.05) is 13.7 Å². The highest BCUT2D eigenvalue weighted by Crippen LogP contribution is 2.41. The Bertz CT molecular complexity index is 785. The van der Waals surface area contributed by atoms with Crippen LogP contribution in [-0.4, -0.2) is 34.8 Å². The number of methoxy groups -OCH3 is 1. The Kier molecular flexibility index (Phi) is 5.41. The van der Waals surface area contributed by atoms with Crippen molar-refractivity contribution in [1.82, 2.24) is 14.8 Å². The minimum atomic E-state index is 0.421. The molecule has 2 aliphatic carbocycles. The zero-order valence-electron chi connectivity index (χ0n) is 15.8. The van der Waals surface area contributed by atoms with Crippen LogP contribution in [0.1, 0.15) is 73.0 Å². The van der Waals surface area contributed by atoms with E-state index in [2.05, 4.69) is 20.8 Å². The summed E-state index contributed by atoms with van der Waals surface area (Å²) in [4.78, 5) is 15.6. The van der Waals surface area contributed by atoms with Gasteiger partial charge in [-0.2, -0.15) is 5.10 Å². The first-order valence-corrected chi connectivity index (χ1v) is 9.95. The summed E-state index contributed by atoms with van der Waals surface area (Å²) in [6, 6.07) is 4.38. The smallest absolute Gasteiger partial charge is 0.213 e. The van der Waals surface area contributed by atoms with Crippen LogP contribution < -0.4 is 9.47 Å². The fourth-order valence-corrected chi connectivity index (χ4v) is 4.31. The third-order valence-electron chi connectivity index (χ3n) is 6.07. The lowest BCUT2D eigenvalue weighted by atomic mass is 9.77. The maximum absolute atomic E-state index is 11.4. The zero-order chi connectivity index (χ0) is 18.6. The molecule has 0 N–H and O–H groups in total. The molecule has 0 amide bonds. The number of ether oxygens (including phenoxy) is 2. The highest BCUT2D eigenvalue weighted by atomic mass is 16.5. The lowest BCUT2D eigenvalue weighted by molar-refractivity contribution is 0.111. The maximum atomic E-state index is 11.4. The summed E-state index contributed by atoms with van der Waals surface area (Å²) < 4.78 is 13.4. The highest BCUT2D eigenvalue weighted by molar-refractivity contribution is 5.79. The molecule has 6 nitrogen and oxygen atoms in total. The molecule has 2 heterocycles. The first-order valence-electron chi connectivity index (χ1n) is 9.95. The molecule has 2 aromatic rings. The van der Waals surface area contributed by atoms with Gasteiger partial charge in [0, 0.05) is 29.8 Å². The van der Waals surface area contributed by atoms with E-state index in [9.17, 15) is 4.79 Å². The fourth-order valence-electron chi connectivity index (χ4n) is 4.31. The molecule has 0 bridgehead atoms. The van der Waals surface area contributed by atoms with Gasteiger partial charge >= 0.3 is 0 Å². The predicted molar refractivity (Wildman–Crippen MR) is 101 cm³/mol. The Balaban J connectivity index is 1.49. The number of hydrogen-bond donors (Lipinski definition) is 0. The van der Waals surface area contributed by atoms with Gasteiger partial charge in [-0.3, -0.25) is 9.48 Å². The molecule has 0 saturated heterocycles. The second-order valence-electron chi connectivity index (χ2n) is 7.63. The van der Waals surface area contributed by atoms with E-state index in [1.807, 2.05) is 6.20 Å². The van der Waals surface area contributed by atoms with E-state index in [0.717, 1.165) is 12.7 Å². The monoisotopic (exact) mass is 369 g/mol. The molecule has 4 rings (SSSR count). The van der Waals surface area contributed by atoms with Gasteiger partial charge in [0.1, 0.15) is 5.75 Å². The van der Waals surface area contributed by atoms with Crippen LogP contribution in [0.5, 0.6) is 11.6 Å². The summed E-state index contributed by atoms with van der Waals surface area (Å²) in [6.45, 7) is 0.593. The number of aldehydes is 1. The summed E-state index contributed by atoms with van der Waals surface area (Å²) in [5, 5.41) is 4.62. The van der Waals surface area contributed by atoms with Crippen LogP contribution >= 0.6 is 0 Å². The molecule has 0 aromatic carbocycles. The van der Waals surface area contributed by atoms with Crippen LogP contribution in [0.25, 0.3) is 0 Å². The first-order chi connectivity index (χ1) is 13.3. The van der Waals surface area contributed by atoms with Gasteiger partial charge < -0.3 is 9.47 Å². The lowest BCUT2D eigenvalue weighted by Crippen LogP contribution is -2.28. The molecule has 27 heavy (non-hydrogen) atoms. The number of pyridine rings is 1. The van der Waals surface area contributed by atoms with Crippen LogP contribution in [0.15, 0.2) is 24.5 Å². The average Bonchev–Trinajstić information content (AvgIpc) is 3.14. The van der Waals surface area contributed by atoms with Crippen molar-refractivity contribution >= 4 is 6.29 Å². The number of carbonyl (C=O) groups excluding carboxylic acids is 1. The number of carbonyl (C=O) groups is 1. The van der Waals surface area contributed by atoms with E-state index >= 15 is 0 Å². The summed E-state index contributed by atoms with van der Waals surface area (Å²) in [6.07, 6.45) is 12.9. The summed E-state index contributed by atoms with van der Waals surface area (Å²) >= 11 is 0. The second-order valence-corrected chi connectivity index (χ2v) is 7.63. The van der Waals surface area contributed by atoms with Crippen molar-refractivity contribution in [3.63, 3.8) is 0 Å². The van der Waals surface area contributed by atoms with E-state index in [-0.39, 0.29) is 0 Å². The van der Waals surface area contributed by atoms with Crippen LogP contribution in [0, 0.1) is 5.92 Å². The Morgan fingerprint density at radius 3 is 2.81 bits per heavy atom. The van der Waals surface area contributed by atoms with Crippen LogP contribution in [-0.2, 0) is 0 Å². The van der Waals surface area contributed by atoms with Gasteiger partial charge in [0.15, 0.2) is 6.29 Å². The molecular weight excluding hydrogens is 342 g/mol. The topological polar surface area (TPSA) is 66.2 Å². The quantitative estimate of drug-likeness (QED) is 0.685. The Morgan fingerprint density at radius 2 is 2.07 bits per heavy atom. The SMILES string of the molecule is COc1cc(C=O)c(OCC2CCCCC2c2ccnn2C2CCC2)cn1. The van der Waals surface area contributed by atoms with Gasteiger partial charge in [0.25, 0.3) is 0 Å². The van der Waals surface area contributed by atoms with Crippen molar-refractivity contribution < 1.29 is 14.3 Å². The van der Waals surface area contributed by atoms with Crippen molar-refractivity contribution in [3.8, 4) is 11.6 Å². The largest absolute Gasteiger partial charge is 0.491 e. The van der Waals surface area contributed by atoms with Crippen molar-refractivity contribution in [1.29, 1.82) is 0 Å². The lowest BCUT2D eigenvalue weighted by Gasteiger charge is -2.35. The summed E-state index contributed by atoms with van der Waals surface area (Å²) in [5.74, 6) is 1.84. The molecule has 144 valence electrons. The minimum absolute atomic E-state index is 0.421. The molecule has 2 aromatic heterocycles. The van der Waals surface area contributed by atoms with Gasteiger partial charge in [-0.1, -0.05) is 12.8 Å². The molecule has 6 heteroatoms. The van der Waals surface area contributed by atoms with Crippen LogP contribution in [0.2, 0.25) is 0 Å². The zero-order valence-corrected chi connectivity index (χ0v) is 15.8. The average molecular weight is 369 g/mol. The van der Waals surface area contributed by atoms with E-state index in [1.54, 1.807) is 12.3 Å². The predicted octanol–water partition coefficient (Wildman–Crippen LogP) is 4.18. The number of hydrogen-bond acceptors (Lipinski definition) is 5. The molecule has 0 spiro atoms. The van der Waals surface area contributed by atoms with E-state index < -0.39 is 0 Å². The third kappa shape index (κ3) is 3.70. The molecule has 2 aliphatic rings. The van der Waals surface area contributed by atoms with Crippen molar-refractivity contribution in [3.05, 3.63) is 35.8 Å². The van der Waals surface area contributed by atoms with E-state index in [4.69, 9.17) is 9.47 Å². The van der Waals surface area contributed by atoms with Gasteiger partial charge in [0.05, 0.1) is 31.5 Å². The second kappa shape index (κ2) is 8.11. The molecule has 2 saturated carbocycles. The van der Waals surface area contributed by atoms with Crippen LogP contribution in [0.4, 0.5) is 0 Å². The van der Waals surface area contributed by atoms with Crippen molar-refractivity contribution in [2.45, 2.75) is 56.9 Å². The molecule has 2 fully saturated rings. The minimum Gasteiger partial charge on any atom is -0.491 e. The first kappa shape index (κ1) is 18.0. The van der Waals surface area contributed by atoms with Gasteiger partial charge in [0.2, 0.25) is 5.88 Å². The van der Waals surface area contributed by atoms with Crippen LogP contribution in [0.3, 0.4) is 0 Å². The fraction of sp³-hybridized carbons (Fsp3) is 0.571. The summed E-state index contributed by atoms with van der Waals surface area (Å²) in [7, 11) is 1.54. The number of rotatable bonds is 7. The Hall–Kier alpha value is -2.37. The number of nitrogens with zero attached hydrogens (tertiary/aromatic N) is 3. The summed E-state index contributed by atoms with van der Waals surface area (Å²) in [5.41, 5.74) is 1.84. The Morgan fingerprint density at radius 1 is 1.22 bits per heavy atom. The Labute approximate surface area is 159 Å². The molecule has 0 radical (unpaired) electrons. The highest BCUT2D eigenvalue weighted by Gasteiger charge is 2.32. The molecule has 2 unspecified atom stereocenters. The molecular formula is C21H27N3O3. The van der Waals surface area contributed by atoms with Gasteiger partial charge in [-0.25, -0.2) is 4.98 Å². The molecule has 2 atom stereocenters. The van der Waals surface area contributed by atoms with Gasteiger partial charge in [-0.05, 0) is 38.2 Å². The number of aromatic nitrogens is 3. The van der Waals surface area contributed by atoms with Crippen molar-refractivity contribution in [2.24, 2.45) is 5.92 Å². The van der Waals surface area contributed by atoms with E-state index in [1.165, 1.54) is 51.3 Å². The standard InChI is InChI=1S/C21H27N3O3/c1-26-21-11-16(13-25)20(12-22-21)27-14-15-5-2-3-8-18(15)19-9-10-23-24(19)17-6-4-7-17/h9-13,15,17-18H,2-8,14H2,1H3. The van der Waals surface area contributed by atoms with Gasteiger partial charge in [-0.15, -0.1) is 0 Å². The molecule has 0 aliphatic heterocycles.